The van der Waals surface area contributed by atoms with Crippen LogP contribution in [-0.4, -0.2) is 6.29 Å². The molecule has 150 valence electrons. The fraction of sp³-hybridized carbons (Fsp3) is 0.0357. The molecule has 31 heavy (non-hydrogen) atoms. The first-order chi connectivity index (χ1) is 15.3. The molecule has 0 bridgehead atoms. The lowest BCUT2D eigenvalue weighted by Gasteiger charge is -2.13. The fourth-order valence-corrected chi connectivity index (χ4v) is 5.04. The van der Waals surface area contributed by atoms with E-state index >= 15 is 0 Å². The number of carbonyl (C=O) groups is 1. The maximum Gasteiger partial charge on any atom is 0.150 e. The van der Waals surface area contributed by atoms with Gasteiger partial charge >= 0.3 is 0 Å². The lowest BCUT2D eigenvalue weighted by Crippen LogP contribution is -1.99. The summed E-state index contributed by atoms with van der Waals surface area (Å²) < 4.78 is 7.63. The summed E-state index contributed by atoms with van der Waals surface area (Å²) in [5.74, 6) is 0.831. The monoisotopic (exact) mass is 420 g/mol. The molecule has 5 rings (SSSR count). The Kier molecular flexibility index (Phi) is 5.34. The second-order valence-corrected chi connectivity index (χ2v) is 8.33. The Bertz CT molecular complexity index is 1350. The third-order valence-corrected chi connectivity index (χ3v) is 6.54. The van der Waals surface area contributed by atoms with Crippen molar-refractivity contribution < 1.29 is 9.53 Å². The van der Waals surface area contributed by atoms with Gasteiger partial charge in [-0.05, 0) is 28.8 Å². The molecule has 0 atom stereocenters. The summed E-state index contributed by atoms with van der Waals surface area (Å²) in [6, 6.07) is 34.6. The first-order valence-corrected chi connectivity index (χ1v) is 11.0. The van der Waals surface area contributed by atoms with Crippen molar-refractivity contribution in [2.75, 3.05) is 0 Å². The zero-order valence-corrected chi connectivity index (χ0v) is 17.6. The summed E-state index contributed by atoms with van der Waals surface area (Å²) >= 11 is 1.66. The van der Waals surface area contributed by atoms with Gasteiger partial charge in [-0.15, -0.1) is 11.3 Å². The first-order valence-electron chi connectivity index (χ1n) is 10.2. The van der Waals surface area contributed by atoms with Crippen molar-refractivity contribution in [1.29, 1.82) is 0 Å². The van der Waals surface area contributed by atoms with E-state index in [1.54, 1.807) is 11.3 Å². The largest absolute Gasteiger partial charge is 0.487 e. The van der Waals surface area contributed by atoms with Crippen LogP contribution >= 0.6 is 11.3 Å². The second kappa shape index (κ2) is 8.58. The highest BCUT2D eigenvalue weighted by atomic mass is 32.1. The molecule has 2 nitrogen and oxygen atoms in total. The molecule has 0 saturated carbocycles. The van der Waals surface area contributed by atoms with E-state index in [2.05, 4.69) is 42.5 Å². The maximum atomic E-state index is 11.7. The van der Waals surface area contributed by atoms with Gasteiger partial charge in [0.15, 0.2) is 6.29 Å². The number of aldehydes is 1. The molecule has 1 aromatic heterocycles. The van der Waals surface area contributed by atoms with Gasteiger partial charge < -0.3 is 4.74 Å². The van der Waals surface area contributed by atoms with Crippen LogP contribution in [0.4, 0.5) is 0 Å². The second-order valence-electron chi connectivity index (χ2n) is 7.27. The van der Waals surface area contributed by atoms with E-state index in [0.717, 1.165) is 43.7 Å². The van der Waals surface area contributed by atoms with Crippen LogP contribution in [-0.2, 0) is 6.61 Å². The molecular formula is C28H20O2S. The van der Waals surface area contributed by atoms with Gasteiger partial charge in [-0.1, -0.05) is 91.0 Å². The fourth-order valence-electron chi connectivity index (χ4n) is 3.84. The SMILES string of the molecule is O=Cc1ccccc1-c1sc2ccccc2c1OCc1ccccc1-c1ccccc1. The maximum absolute atomic E-state index is 11.7. The van der Waals surface area contributed by atoms with Crippen molar-refractivity contribution in [2.45, 2.75) is 6.61 Å². The van der Waals surface area contributed by atoms with Crippen LogP contribution in [0, 0.1) is 0 Å². The summed E-state index contributed by atoms with van der Waals surface area (Å²) in [6.45, 7) is 0.446. The zero-order valence-electron chi connectivity index (χ0n) is 16.8. The van der Waals surface area contributed by atoms with Gasteiger partial charge in [0.2, 0.25) is 0 Å². The van der Waals surface area contributed by atoms with Crippen molar-refractivity contribution in [3.63, 3.8) is 0 Å². The Morgan fingerprint density at radius 1 is 0.710 bits per heavy atom. The van der Waals surface area contributed by atoms with E-state index in [1.807, 2.05) is 60.7 Å². The number of rotatable bonds is 6. The number of carbonyl (C=O) groups excluding carboxylic acids is 1. The van der Waals surface area contributed by atoms with Gasteiger partial charge in [0.25, 0.3) is 0 Å². The molecule has 0 aliphatic heterocycles. The predicted molar refractivity (Wildman–Crippen MR) is 129 cm³/mol. The lowest BCUT2D eigenvalue weighted by molar-refractivity contribution is 0.112. The van der Waals surface area contributed by atoms with Gasteiger partial charge in [0, 0.05) is 21.2 Å². The molecule has 1 heterocycles. The van der Waals surface area contributed by atoms with Crippen LogP contribution < -0.4 is 4.74 Å². The van der Waals surface area contributed by atoms with Crippen LogP contribution in [0.5, 0.6) is 5.75 Å². The quantitative estimate of drug-likeness (QED) is 0.264. The summed E-state index contributed by atoms with van der Waals surface area (Å²) in [5.41, 5.74) is 5.04. The molecular weight excluding hydrogens is 400 g/mol. The summed E-state index contributed by atoms with van der Waals surface area (Å²) in [4.78, 5) is 12.7. The van der Waals surface area contributed by atoms with Gasteiger partial charge in [-0.25, -0.2) is 0 Å². The average molecular weight is 421 g/mol. The van der Waals surface area contributed by atoms with Gasteiger partial charge in [0.05, 0.1) is 4.88 Å². The summed E-state index contributed by atoms with van der Waals surface area (Å²) in [5, 5.41) is 1.07. The van der Waals surface area contributed by atoms with Crippen LogP contribution in [0.15, 0.2) is 103 Å². The topological polar surface area (TPSA) is 26.3 Å². The minimum absolute atomic E-state index is 0.446. The lowest BCUT2D eigenvalue weighted by atomic mass is 10.0. The number of benzene rings is 4. The molecule has 0 saturated heterocycles. The van der Waals surface area contributed by atoms with Crippen molar-refractivity contribution in [3.05, 3.63) is 114 Å². The highest BCUT2D eigenvalue weighted by Crippen LogP contribution is 2.45. The Balaban J connectivity index is 1.58. The van der Waals surface area contributed by atoms with E-state index in [9.17, 15) is 4.79 Å². The van der Waals surface area contributed by atoms with E-state index in [0.29, 0.717) is 12.2 Å². The normalized spacial score (nSPS) is 10.8. The number of thiophene rings is 1. The molecule has 0 radical (unpaired) electrons. The Labute approximate surface area is 185 Å². The predicted octanol–water partition coefficient (Wildman–Crippen LogP) is 7.63. The Morgan fingerprint density at radius 2 is 1.39 bits per heavy atom. The third-order valence-electron chi connectivity index (χ3n) is 5.36. The molecule has 0 aliphatic rings. The standard InChI is InChI=1S/C28H20O2S/c29-18-21-12-4-7-15-24(21)28-27(25-16-8-9-17-26(25)31-28)30-19-22-13-5-6-14-23(22)20-10-2-1-3-11-20/h1-18H,19H2. The molecule has 0 unspecified atom stereocenters. The first kappa shape index (κ1) is 19.3. The molecule has 0 N–H and O–H groups in total. The molecule has 0 spiro atoms. The number of hydrogen-bond donors (Lipinski definition) is 0. The van der Waals surface area contributed by atoms with Crippen molar-refractivity contribution in [1.82, 2.24) is 0 Å². The van der Waals surface area contributed by atoms with Crippen LogP contribution in [0.1, 0.15) is 15.9 Å². The average Bonchev–Trinajstić information content (AvgIpc) is 3.22. The van der Waals surface area contributed by atoms with E-state index in [-0.39, 0.29) is 0 Å². The van der Waals surface area contributed by atoms with Crippen molar-refractivity contribution in [2.24, 2.45) is 0 Å². The number of fused-ring (bicyclic) bond motifs is 1. The van der Waals surface area contributed by atoms with Crippen LogP contribution in [0.3, 0.4) is 0 Å². The molecule has 0 aliphatic carbocycles. The van der Waals surface area contributed by atoms with Gasteiger partial charge in [0.1, 0.15) is 12.4 Å². The minimum atomic E-state index is 0.446. The van der Waals surface area contributed by atoms with Crippen LogP contribution in [0.25, 0.3) is 31.7 Å². The summed E-state index contributed by atoms with van der Waals surface area (Å²) in [6.07, 6.45) is 0.911. The summed E-state index contributed by atoms with van der Waals surface area (Å²) in [7, 11) is 0. The molecule has 3 heteroatoms. The highest BCUT2D eigenvalue weighted by molar-refractivity contribution is 7.22. The van der Waals surface area contributed by atoms with Gasteiger partial charge in [-0.2, -0.15) is 0 Å². The minimum Gasteiger partial charge on any atom is -0.487 e. The van der Waals surface area contributed by atoms with Crippen molar-refractivity contribution >= 4 is 27.7 Å². The number of ether oxygens (including phenoxy) is 1. The zero-order chi connectivity index (χ0) is 21.0. The molecule has 0 amide bonds. The van der Waals surface area contributed by atoms with E-state index in [1.165, 1.54) is 5.56 Å². The Morgan fingerprint density at radius 3 is 2.23 bits per heavy atom. The Hall–Kier alpha value is -3.69. The van der Waals surface area contributed by atoms with Crippen LogP contribution in [0.2, 0.25) is 0 Å². The highest BCUT2D eigenvalue weighted by Gasteiger charge is 2.18. The molecule has 0 fully saturated rings. The van der Waals surface area contributed by atoms with E-state index < -0.39 is 0 Å². The van der Waals surface area contributed by atoms with Crippen molar-refractivity contribution in [3.8, 4) is 27.3 Å². The number of hydrogen-bond acceptors (Lipinski definition) is 3. The van der Waals surface area contributed by atoms with E-state index in [4.69, 9.17) is 4.74 Å². The van der Waals surface area contributed by atoms with Gasteiger partial charge in [-0.3, -0.25) is 4.79 Å². The molecule has 5 aromatic rings. The third kappa shape index (κ3) is 3.76. The molecule has 4 aromatic carbocycles. The smallest absolute Gasteiger partial charge is 0.150 e.